The van der Waals surface area contributed by atoms with Crippen LogP contribution < -0.4 is 15.4 Å². The van der Waals surface area contributed by atoms with E-state index in [1.54, 1.807) is 18.2 Å². The van der Waals surface area contributed by atoms with Gasteiger partial charge in [-0.25, -0.2) is 13.8 Å². The minimum atomic E-state index is -2.48. The van der Waals surface area contributed by atoms with Crippen LogP contribution in [0.2, 0.25) is 0 Å². The molecule has 26 heavy (non-hydrogen) atoms. The van der Waals surface area contributed by atoms with Crippen LogP contribution >= 0.6 is 0 Å². The fourth-order valence-electron chi connectivity index (χ4n) is 2.56. The molecule has 1 aromatic carbocycles. The van der Waals surface area contributed by atoms with Crippen molar-refractivity contribution in [3.63, 3.8) is 0 Å². The molecule has 6 nitrogen and oxygen atoms in total. The van der Waals surface area contributed by atoms with Crippen molar-refractivity contribution in [2.75, 3.05) is 52.5 Å². The molecule has 1 aliphatic heterocycles. The Labute approximate surface area is 153 Å². The first-order chi connectivity index (χ1) is 12.7. The zero-order chi connectivity index (χ0) is 18.6. The van der Waals surface area contributed by atoms with E-state index in [0.717, 1.165) is 57.5 Å². The van der Waals surface area contributed by atoms with E-state index in [-0.39, 0.29) is 0 Å². The van der Waals surface area contributed by atoms with Gasteiger partial charge in [-0.15, -0.1) is 0 Å². The summed E-state index contributed by atoms with van der Waals surface area (Å²) in [7, 11) is 0. The third-order valence-electron chi connectivity index (χ3n) is 3.86. The van der Waals surface area contributed by atoms with Crippen molar-refractivity contribution in [1.82, 2.24) is 15.5 Å². The minimum absolute atomic E-state index is 0.434. The molecule has 0 aliphatic carbocycles. The molecule has 0 atom stereocenters. The second kappa shape index (κ2) is 11.6. The number of hydrogen-bond acceptors (Lipinski definition) is 4. The molecule has 0 saturated carbocycles. The highest BCUT2D eigenvalue weighted by Crippen LogP contribution is 2.14. The molecule has 1 saturated heterocycles. The maximum Gasteiger partial charge on any atom is 0.272 e. The van der Waals surface area contributed by atoms with E-state index < -0.39 is 13.0 Å². The van der Waals surface area contributed by atoms with Crippen LogP contribution in [0.15, 0.2) is 29.3 Å². The summed E-state index contributed by atoms with van der Waals surface area (Å²) in [5.74, 6) is 1.17. The number of halogens is 2. The van der Waals surface area contributed by atoms with Crippen LogP contribution in [-0.2, 0) is 11.3 Å². The monoisotopic (exact) mass is 370 g/mol. The van der Waals surface area contributed by atoms with Gasteiger partial charge in [-0.2, -0.15) is 0 Å². The van der Waals surface area contributed by atoms with E-state index in [1.165, 1.54) is 0 Å². The Morgan fingerprint density at radius 2 is 2.12 bits per heavy atom. The van der Waals surface area contributed by atoms with Crippen molar-refractivity contribution in [2.45, 2.75) is 19.9 Å². The lowest BCUT2D eigenvalue weighted by atomic mass is 10.2. The quantitative estimate of drug-likeness (QED) is 0.512. The van der Waals surface area contributed by atoms with Crippen molar-refractivity contribution < 1.29 is 18.3 Å². The van der Waals surface area contributed by atoms with Crippen molar-refractivity contribution in [3.8, 4) is 5.75 Å². The van der Waals surface area contributed by atoms with E-state index >= 15 is 0 Å². The number of alkyl halides is 2. The van der Waals surface area contributed by atoms with E-state index in [9.17, 15) is 8.78 Å². The summed E-state index contributed by atoms with van der Waals surface area (Å²) in [5, 5.41) is 6.53. The smallest absolute Gasteiger partial charge is 0.272 e. The number of benzene rings is 1. The lowest BCUT2D eigenvalue weighted by Gasteiger charge is -2.26. The first-order valence-corrected chi connectivity index (χ1v) is 8.99. The summed E-state index contributed by atoms with van der Waals surface area (Å²) >= 11 is 0. The number of aliphatic imine (C=N–C) groups is 1. The van der Waals surface area contributed by atoms with Gasteiger partial charge in [0.15, 0.2) is 5.96 Å². The number of morpholine rings is 1. The van der Waals surface area contributed by atoms with E-state index in [0.29, 0.717) is 12.3 Å². The lowest BCUT2D eigenvalue weighted by molar-refractivity contribution is 0.0389. The van der Waals surface area contributed by atoms with Crippen molar-refractivity contribution in [3.05, 3.63) is 29.8 Å². The molecule has 8 heteroatoms. The third kappa shape index (κ3) is 7.97. The molecule has 0 bridgehead atoms. The normalized spacial score (nSPS) is 15.9. The summed E-state index contributed by atoms with van der Waals surface area (Å²) in [6.45, 7) is 7.85. The first kappa shape index (κ1) is 20.4. The van der Waals surface area contributed by atoms with Gasteiger partial charge in [0, 0.05) is 32.7 Å². The lowest BCUT2D eigenvalue weighted by Crippen LogP contribution is -2.44. The Bertz CT molecular complexity index is 552. The van der Waals surface area contributed by atoms with Gasteiger partial charge in [-0.1, -0.05) is 12.1 Å². The topological polar surface area (TPSA) is 58.1 Å². The van der Waals surface area contributed by atoms with Crippen LogP contribution in [0, 0.1) is 0 Å². The van der Waals surface area contributed by atoms with Crippen molar-refractivity contribution >= 4 is 5.96 Å². The van der Waals surface area contributed by atoms with Gasteiger partial charge in [0.1, 0.15) is 12.4 Å². The summed E-state index contributed by atoms with van der Waals surface area (Å²) < 4.78 is 34.9. The molecule has 0 aromatic heterocycles. The van der Waals surface area contributed by atoms with Gasteiger partial charge in [0.25, 0.3) is 6.43 Å². The van der Waals surface area contributed by atoms with E-state index in [2.05, 4.69) is 20.5 Å². The molecule has 1 aromatic rings. The molecule has 1 fully saturated rings. The molecule has 2 N–H and O–H groups in total. The number of nitrogens with zero attached hydrogens (tertiary/aromatic N) is 2. The van der Waals surface area contributed by atoms with Crippen LogP contribution in [0.4, 0.5) is 8.78 Å². The number of ether oxygens (including phenoxy) is 2. The summed E-state index contributed by atoms with van der Waals surface area (Å²) in [4.78, 5) is 6.90. The maximum atomic E-state index is 12.2. The van der Waals surface area contributed by atoms with E-state index in [4.69, 9.17) is 9.47 Å². The van der Waals surface area contributed by atoms with Gasteiger partial charge in [-0.05, 0) is 24.6 Å². The summed E-state index contributed by atoms with van der Waals surface area (Å²) in [5.41, 5.74) is 0.905. The highest BCUT2D eigenvalue weighted by atomic mass is 19.3. The summed E-state index contributed by atoms with van der Waals surface area (Å²) in [6, 6.07) is 7.09. The van der Waals surface area contributed by atoms with Gasteiger partial charge in [0.05, 0.1) is 19.8 Å². The van der Waals surface area contributed by atoms with Gasteiger partial charge in [-0.3, -0.25) is 4.90 Å². The molecule has 0 unspecified atom stereocenters. The molecule has 2 rings (SSSR count). The Morgan fingerprint density at radius 1 is 1.31 bits per heavy atom. The average molecular weight is 370 g/mol. The number of nitrogens with one attached hydrogen (secondary N) is 2. The summed E-state index contributed by atoms with van der Waals surface area (Å²) in [6.07, 6.45) is -2.48. The zero-order valence-electron chi connectivity index (χ0n) is 15.2. The van der Waals surface area contributed by atoms with Crippen LogP contribution in [0.5, 0.6) is 5.75 Å². The SMILES string of the molecule is CCNC(=NCc1cccc(OCC(F)F)c1)NCCN1CCOCC1. The second-order valence-corrected chi connectivity index (χ2v) is 5.93. The van der Waals surface area contributed by atoms with Crippen molar-refractivity contribution in [1.29, 1.82) is 0 Å². The highest BCUT2D eigenvalue weighted by Gasteiger charge is 2.09. The van der Waals surface area contributed by atoms with Crippen LogP contribution in [0.25, 0.3) is 0 Å². The fourth-order valence-corrected chi connectivity index (χ4v) is 2.56. The van der Waals surface area contributed by atoms with Crippen LogP contribution in [0.1, 0.15) is 12.5 Å². The van der Waals surface area contributed by atoms with Gasteiger partial charge >= 0.3 is 0 Å². The molecule has 0 radical (unpaired) electrons. The number of guanidine groups is 1. The highest BCUT2D eigenvalue weighted by molar-refractivity contribution is 5.79. The standard InChI is InChI=1S/C18H28F2N4O2/c1-2-21-18(22-6-7-24-8-10-25-11-9-24)23-13-15-4-3-5-16(12-15)26-14-17(19)20/h3-5,12,17H,2,6-11,13-14H2,1H3,(H2,21,22,23). The van der Waals surface area contributed by atoms with Crippen LogP contribution in [0.3, 0.4) is 0 Å². The molecular formula is C18H28F2N4O2. The molecule has 146 valence electrons. The van der Waals surface area contributed by atoms with E-state index in [1.807, 2.05) is 13.0 Å². The van der Waals surface area contributed by atoms with Crippen molar-refractivity contribution in [2.24, 2.45) is 4.99 Å². The minimum Gasteiger partial charge on any atom is -0.488 e. The molecule has 0 amide bonds. The molecular weight excluding hydrogens is 342 g/mol. The Morgan fingerprint density at radius 3 is 2.85 bits per heavy atom. The molecule has 1 aliphatic rings. The van der Waals surface area contributed by atoms with Gasteiger partial charge < -0.3 is 20.1 Å². The first-order valence-electron chi connectivity index (χ1n) is 8.99. The fraction of sp³-hybridized carbons (Fsp3) is 0.611. The molecule has 1 heterocycles. The zero-order valence-corrected chi connectivity index (χ0v) is 15.2. The Kier molecular flexibility index (Phi) is 9.13. The largest absolute Gasteiger partial charge is 0.488 e. The van der Waals surface area contributed by atoms with Crippen LogP contribution in [-0.4, -0.2) is 69.8 Å². The van der Waals surface area contributed by atoms with Gasteiger partial charge in [0.2, 0.25) is 0 Å². The third-order valence-corrected chi connectivity index (χ3v) is 3.86. The Balaban J connectivity index is 1.82. The maximum absolute atomic E-state index is 12.2. The predicted molar refractivity (Wildman–Crippen MR) is 98.0 cm³/mol. The Hall–Kier alpha value is -1.93. The number of hydrogen-bond donors (Lipinski definition) is 2. The average Bonchev–Trinajstić information content (AvgIpc) is 2.65. The molecule has 0 spiro atoms. The predicted octanol–water partition coefficient (Wildman–Crippen LogP) is 1.72. The number of rotatable bonds is 9. The second-order valence-electron chi connectivity index (χ2n) is 5.93.